The van der Waals surface area contributed by atoms with Gasteiger partial charge in [-0.15, -0.1) is 0 Å². The summed E-state index contributed by atoms with van der Waals surface area (Å²) in [6.07, 6.45) is 0. The van der Waals surface area contributed by atoms with Crippen molar-refractivity contribution in [3.8, 4) is 5.75 Å². The SMILES string of the molecule is CCOC(=O)C1=C(O)CSC1=Nc1ccc(OCC)cc1. The molecule has 0 amide bonds. The summed E-state index contributed by atoms with van der Waals surface area (Å²) in [6, 6.07) is 7.24. The van der Waals surface area contributed by atoms with Gasteiger partial charge in [0.15, 0.2) is 0 Å². The molecule has 6 heteroatoms. The van der Waals surface area contributed by atoms with E-state index in [4.69, 9.17) is 9.47 Å². The van der Waals surface area contributed by atoms with Gasteiger partial charge in [-0.05, 0) is 38.1 Å². The number of carbonyl (C=O) groups is 1. The standard InChI is InChI=1S/C15H17NO4S/c1-3-19-11-7-5-10(6-8-11)16-14-13(12(17)9-21-14)15(18)20-4-2/h5-8,17H,3-4,9H2,1-2H3. The first-order valence-corrected chi connectivity index (χ1v) is 7.68. The number of hydrogen-bond donors (Lipinski definition) is 1. The van der Waals surface area contributed by atoms with Crippen molar-refractivity contribution in [2.45, 2.75) is 13.8 Å². The lowest BCUT2D eigenvalue weighted by Gasteiger charge is -2.05. The summed E-state index contributed by atoms with van der Waals surface area (Å²) in [6.45, 7) is 4.51. The minimum absolute atomic E-state index is 0.0168. The Kier molecular flexibility index (Phi) is 5.27. The van der Waals surface area contributed by atoms with Crippen LogP contribution in [0.5, 0.6) is 5.75 Å². The Labute approximate surface area is 127 Å². The number of nitrogens with zero attached hydrogens (tertiary/aromatic N) is 1. The molecule has 1 aliphatic rings. The van der Waals surface area contributed by atoms with Gasteiger partial charge in [0.1, 0.15) is 22.1 Å². The van der Waals surface area contributed by atoms with E-state index in [0.717, 1.165) is 5.75 Å². The number of ether oxygens (including phenoxy) is 2. The highest BCUT2D eigenvalue weighted by molar-refractivity contribution is 8.15. The molecule has 112 valence electrons. The first kappa shape index (κ1) is 15.4. The van der Waals surface area contributed by atoms with Crippen molar-refractivity contribution in [2.75, 3.05) is 19.0 Å². The van der Waals surface area contributed by atoms with E-state index in [-0.39, 0.29) is 17.9 Å². The summed E-state index contributed by atoms with van der Waals surface area (Å²) in [4.78, 5) is 16.2. The van der Waals surface area contributed by atoms with Crippen molar-refractivity contribution in [3.05, 3.63) is 35.6 Å². The van der Waals surface area contributed by atoms with Crippen molar-refractivity contribution < 1.29 is 19.4 Å². The molecule has 0 unspecified atom stereocenters. The van der Waals surface area contributed by atoms with Crippen molar-refractivity contribution in [2.24, 2.45) is 4.99 Å². The van der Waals surface area contributed by atoms with Crippen molar-refractivity contribution in [1.82, 2.24) is 0 Å². The summed E-state index contributed by atoms with van der Waals surface area (Å²) in [5.74, 6) is 0.585. The maximum atomic E-state index is 11.8. The first-order valence-electron chi connectivity index (χ1n) is 6.69. The highest BCUT2D eigenvalue weighted by Gasteiger charge is 2.29. The summed E-state index contributed by atoms with van der Waals surface area (Å²) in [7, 11) is 0. The first-order chi connectivity index (χ1) is 10.2. The third kappa shape index (κ3) is 3.78. The fourth-order valence-electron chi connectivity index (χ4n) is 1.80. The van der Waals surface area contributed by atoms with Crippen LogP contribution >= 0.6 is 11.8 Å². The molecule has 0 saturated heterocycles. The smallest absolute Gasteiger partial charge is 0.344 e. The Morgan fingerprint density at radius 3 is 2.62 bits per heavy atom. The Morgan fingerprint density at radius 2 is 2.00 bits per heavy atom. The van der Waals surface area contributed by atoms with E-state index in [2.05, 4.69) is 4.99 Å². The number of aliphatic hydroxyl groups is 1. The molecule has 0 saturated carbocycles. The molecule has 21 heavy (non-hydrogen) atoms. The van der Waals surface area contributed by atoms with Crippen LogP contribution in [0.3, 0.4) is 0 Å². The molecule has 1 aromatic rings. The minimum Gasteiger partial charge on any atom is -0.510 e. The van der Waals surface area contributed by atoms with E-state index in [1.165, 1.54) is 11.8 Å². The van der Waals surface area contributed by atoms with Gasteiger partial charge in [-0.2, -0.15) is 0 Å². The maximum Gasteiger partial charge on any atom is 0.344 e. The molecule has 0 fully saturated rings. The largest absolute Gasteiger partial charge is 0.510 e. The van der Waals surface area contributed by atoms with Gasteiger partial charge in [0.2, 0.25) is 0 Å². The normalized spacial score (nSPS) is 16.4. The number of benzene rings is 1. The zero-order valence-corrected chi connectivity index (χ0v) is 12.8. The van der Waals surface area contributed by atoms with E-state index in [9.17, 15) is 9.90 Å². The molecule has 1 N–H and O–H groups in total. The predicted octanol–water partition coefficient (Wildman–Crippen LogP) is 3.24. The quantitative estimate of drug-likeness (QED) is 0.846. The second kappa shape index (κ2) is 7.17. The molecular weight excluding hydrogens is 290 g/mol. The molecule has 1 aromatic carbocycles. The molecule has 0 atom stereocenters. The Balaban J connectivity index is 2.21. The minimum atomic E-state index is -0.537. The Bertz CT molecular complexity index is 578. The molecule has 0 radical (unpaired) electrons. The van der Waals surface area contributed by atoms with Gasteiger partial charge < -0.3 is 14.6 Å². The molecular formula is C15H17NO4S. The average Bonchev–Trinajstić information content (AvgIpc) is 2.82. The molecule has 0 aliphatic carbocycles. The van der Waals surface area contributed by atoms with Gasteiger partial charge in [0.05, 0.1) is 24.7 Å². The molecule has 0 bridgehead atoms. The number of thioether (sulfide) groups is 1. The summed E-state index contributed by atoms with van der Waals surface area (Å²) >= 11 is 1.32. The lowest BCUT2D eigenvalue weighted by atomic mass is 10.2. The van der Waals surface area contributed by atoms with Gasteiger partial charge in [0.25, 0.3) is 0 Å². The zero-order chi connectivity index (χ0) is 15.2. The van der Waals surface area contributed by atoms with Crippen molar-refractivity contribution in [3.63, 3.8) is 0 Å². The maximum absolute atomic E-state index is 11.8. The third-order valence-corrected chi connectivity index (χ3v) is 3.69. The predicted molar refractivity (Wildman–Crippen MR) is 83.5 cm³/mol. The van der Waals surface area contributed by atoms with Crippen LogP contribution in [0.4, 0.5) is 5.69 Å². The molecule has 0 spiro atoms. The third-order valence-electron chi connectivity index (χ3n) is 2.71. The van der Waals surface area contributed by atoms with Gasteiger partial charge in [0, 0.05) is 0 Å². The van der Waals surface area contributed by atoms with E-state index < -0.39 is 5.97 Å². The van der Waals surface area contributed by atoms with Crippen LogP contribution in [-0.4, -0.2) is 35.1 Å². The summed E-state index contributed by atoms with van der Waals surface area (Å²) in [5.41, 5.74) is 0.855. The summed E-state index contributed by atoms with van der Waals surface area (Å²) < 4.78 is 10.3. The number of esters is 1. The number of hydrogen-bond acceptors (Lipinski definition) is 6. The van der Waals surface area contributed by atoms with Crippen LogP contribution in [-0.2, 0) is 9.53 Å². The highest BCUT2D eigenvalue weighted by atomic mass is 32.2. The molecule has 1 aliphatic heterocycles. The lowest BCUT2D eigenvalue weighted by Crippen LogP contribution is -2.12. The molecule has 0 aromatic heterocycles. The fraction of sp³-hybridized carbons (Fsp3) is 0.333. The average molecular weight is 307 g/mol. The monoisotopic (exact) mass is 307 g/mol. The fourth-order valence-corrected chi connectivity index (χ4v) is 2.74. The van der Waals surface area contributed by atoms with Crippen LogP contribution in [0.2, 0.25) is 0 Å². The Hall–Kier alpha value is -1.95. The number of aliphatic imine (C=N–C) groups is 1. The van der Waals surface area contributed by atoms with Crippen LogP contribution in [0, 0.1) is 0 Å². The van der Waals surface area contributed by atoms with Gasteiger partial charge >= 0.3 is 5.97 Å². The topological polar surface area (TPSA) is 68.1 Å². The number of rotatable bonds is 5. The van der Waals surface area contributed by atoms with Crippen molar-refractivity contribution >= 4 is 28.5 Å². The highest BCUT2D eigenvalue weighted by Crippen LogP contribution is 2.30. The van der Waals surface area contributed by atoms with E-state index >= 15 is 0 Å². The molecule has 2 rings (SSSR count). The molecule has 5 nitrogen and oxygen atoms in total. The lowest BCUT2D eigenvalue weighted by molar-refractivity contribution is -0.138. The number of aliphatic hydroxyl groups excluding tert-OH is 1. The van der Waals surface area contributed by atoms with Crippen LogP contribution in [0.1, 0.15) is 13.8 Å². The van der Waals surface area contributed by atoms with Gasteiger partial charge in [-0.25, -0.2) is 9.79 Å². The van der Waals surface area contributed by atoms with Gasteiger partial charge in [-0.3, -0.25) is 0 Å². The Morgan fingerprint density at radius 1 is 1.29 bits per heavy atom. The van der Waals surface area contributed by atoms with Crippen LogP contribution in [0.25, 0.3) is 0 Å². The van der Waals surface area contributed by atoms with Crippen molar-refractivity contribution in [1.29, 1.82) is 0 Å². The van der Waals surface area contributed by atoms with Crippen LogP contribution in [0.15, 0.2) is 40.6 Å². The second-order valence-corrected chi connectivity index (χ2v) is 5.14. The van der Waals surface area contributed by atoms with Crippen LogP contribution < -0.4 is 4.74 Å². The second-order valence-electron chi connectivity index (χ2n) is 4.17. The summed E-state index contributed by atoms with van der Waals surface area (Å²) in [5, 5.41) is 10.3. The van der Waals surface area contributed by atoms with E-state index in [0.29, 0.717) is 23.1 Å². The van der Waals surface area contributed by atoms with E-state index in [1.807, 2.05) is 19.1 Å². The van der Waals surface area contributed by atoms with E-state index in [1.54, 1.807) is 19.1 Å². The number of carbonyl (C=O) groups excluding carboxylic acids is 1. The molecule has 1 heterocycles. The van der Waals surface area contributed by atoms with Gasteiger partial charge in [-0.1, -0.05) is 11.8 Å². The zero-order valence-electron chi connectivity index (χ0n) is 12.0.